The Labute approximate surface area is 145 Å². The van der Waals surface area contributed by atoms with E-state index >= 15 is 0 Å². The average molecular weight is 388 g/mol. The van der Waals surface area contributed by atoms with Crippen LogP contribution in [0.5, 0.6) is 0 Å². The fourth-order valence-corrected chi connectivity index (χ4v) is 4.27. The molecule has 0 aliphatic rings. The Bertz CT molecular complexity index is 413. The van der Waals surface area contributed by atoms with Gasteiger partial charge in [-0.15, -0.1) is 0 Å². The minimum absolute atomic E-state index is 0.256. The van der Waals surface area contributed by atoms with E-state index in [0.29, 0.717) is 0 Å². The van der Waals surface area contributed by atoms with Gasteiger partial charge in [0.15, 0.2) is 0 Å². The highest BCUT2D eigenvalue weighted by molar-refractivity contribution is 8.07. The van der Waals surface area contributed by atoms with E-state index in [2.05, 4.69) is 8.99 Å². The normalized spacial score (nSPS) is 14.7. The maximum absolute atomic E-state index is 11.9. The van der Waals surface area contributed by atoms with Crippen LogP contribution in [-0.2, 0) is 23.6 Å². The summed E-state index contributed by atoms with van der Waals surface area (Å²) in [5.74, 6) is -0.974. The number of ether oxygens (including phenoxy) is 2. The summed E-state index contributed by atoms with van der Waals surface area (Å²) in [5, 5.41) is -1.32. The highest BCUT2D eigenvalue weighted by atomic mass is 32.2. The number of carbonyl (C=O) groups excluding carboxylic acids is 2. The van der Waals surface area contributed by atoms with Gasteiger partial charge in [-0.05, 0) is 41.5 Å². The van der Waals surface area contributed by atoms with Crippen molar-refractivity contribution in [1.82, 2.24) is 8.99 Å². The van der Waals surface area contributed by atoms with Crippen LogP contribution in [0, 0.1) is 0 Å². The molecular formula is C12H25N2O6PS2. The monoisotopic (exact) mass is 388 g/mol. The van der Waals surface area contributed by atoms with Crippen LogP contribution in [0.3, 0.4) is 0 Å². The molecule has 3 N–H and O–H groups in total. The molecule has 0 aromatic rings. The second-order valence-electron chi connectivity index (χ2n) is 5.25. The first-order valence-electron chi connectivity index (χ1n) is 7.04. The zero-order chi connectivity index (χ0) is 18.2. The molecule has 0 radical (unpaired) electrons. The van der Waals surface area contributed by atoms with E-state index in [1.807, 2.05) is 0 Å². The molecule has 0 aromatic heterocycles. The number of hydrogen-bond donors (Lipinski definition) is 3. The standard InChI is InChI=1S/C12H25N2O6PS2/c1-7(2)19-11(15)9(5)22-13-21(17,18)14-23-10(6)12(16)20-8(3)4/h7-10H,1-6H3,(H3,13,14,17,18)/t9-,10-/m0/s1. The summed E-state index contributed by atoms with van der Waals surface area (Å²) in [6, 6.07) is 0. The summed E-state index contributed by atoms with van der Waals surface area (Å²) in [6.45, 7) is 9.98. The summed E-state index contributed by atoms with van der Waals surface area (Å²) >= 11 is 1.55. The van der Waals surface area contributed by atoms with Gasteiger partial charge in [0.05, 0.1) is 12.2 Å². The molecule has 0 bridgehead atoms. The van der Waals surface area contributed by atoms with Gasteiger partial charge in [0.1, 0.15) is 10.5 Å². The van der Waals surface area contributed by atoms with Gasteiger partial charge in [-0.3, -0.25) is 14.2 Å². The molecule has 0 heterocycles. The fourth-order valence-electron chi connectivity index (χ4n) is 1.07. The van der Waals surface area contributed by atoms with Gasteiger partial charge in [0.2, 0.25) is 0 Å². The molecule has 0 aliphatic heterocycles. The van der Waals surface area contributed by atoms with Gasteiger partial charge >= 0.3 is 19.6 Å². The minimum atomic E-state index is -3.94. The second kappa shape index (κ2) is 10.6. The molecule has 0 spiro atoms. The van der Waals surface area contributed by atoms with Crippen molar-refractivity contribution in [2.24, 2.45) is 0 Å². The highest BCUT2D eigenvalue weighted by Gasteiger charge is 2.26. The number of esters is 2. The lowest BCUT2D eigenvalue weighted by molar-refractivity contribution is -0.147. The first kappa shape index (κ1) is 22.8. The Morgan fingerprint density at radius 1 is 0.870 bits per heavy atom. The van der Waals surface area contributed by atoms with Crippen LogP contribution in [0.4, 0.5) is 0 Å². The van der Waals surface area contributed by atoms with Gasteiger partial charge in [-0.25, -0.2) is 0 Å². The van der Waals surface area contributed by atoms with Crippen molar-refractivity contribution in [1.29, 1.82) is 0 Å². The van der Waals surface area contributed by atoms with Crippen LogP contribution < -0.4 is 8.99 Å². The van der Waals surface area contributed by atoms with E-state index in [9.17, 15) is 19.0 Å². The smallest absolute Gasteiger partial charge is 0.357 e. The number of carbonyl (C=O) groups is 2. The summed E-state index contributed by atoms with van der Waals surface area (Å²) in [4.78, 5) is 32.9. The van der Waals surface area contributed by atoms with Crippen molar-refractivity contribution in [3.05, 3.63) is 0 Å². The van der Waals surface area contributed by atoms with E-state index in [0.717, 1.165) is 23.9 Å². The molecule has 23 heavy (non-hydrogen) atoms. The van der Waals surface area contributed by atoms with E-state index in [1.54, 1.807) is 41.5 Å². The van der Waals surface area contributed by atoms with Gasteiger partial charge in [-0.2, -0.15) is 8.99 Å². The molecule has 8 nitrogen and oxygen atoms in total. The SMILES string of the molecule is CC(C)OC(=O)[C@H](C)SNP(=O)(O)NS[C@@H](C)C(=O)OC(C)C. The zero-order valence-electron chi connectivity index (χ0n) is 14.1. The van der Waals surface area contributed by atoms with Crippen LogP contribution in [-0.4, -0.2) is 39.5 Å². The summed E-state index contributed by atoms with van der Waals surface area (Å²) in [7, 11) is -3.94. The predicted octanol–water partition coefficient (Wildman–Crippen LogP) is 2.24. The fraction of sp³-hybridized carbons (Fsp3) is 0.833. The zero-order valence-corrected chi connectivity index (χ0v) is 16.6. The molecule has 2 atom stereocenters. The van der Waals surface area contributed by atoms with Crippen LogP contribution in [0.15, 0.2) is 0 Å². The third-order valence-electron chi connectivity index (χ3n) is 2.07. The minimum Gasteiger partial charge on any atom is -0.462 e. The maximum Gasteiger partial charge on any atom is 0.357 e. The lowest BCUT2D eigenvalue weighted by Gasteiger charge is -2.19. The maximum atomic E-state index is 11.9. The third-order valence-corrected chi connectivity index (χ3v) is 5.99. The van der Waals surface area contributed by atoms with Crippen LogP contribution in [0.2, 0.25) is 0 Å². The van der Waals surface area contributed by atoms with Gasteiger partial charge in [0.25, 0.3) is 0 Å². The summed E-state index contributed by atoms with van der Waals surface area (Å²) in [6.07, 6.45) is -0.513. The molecule has 0 fully saturated rings. The number of nitrogens with one attached hydrogen (secondary N) is 2. The molecular weight excluding hydrogens is 363 g/mol. The Balaban J connectivity index is 4.26. The van der Waals surface area contributed by atoms with Crippen LogP contribution in [0.1, 0.15) is 41.5 Å². The van der Waals surface area contributed by atoms with Gasteiger partial charge in [-0.1, -0.05) is 23.9 Å². The van der Waals surface area contributed by atoms with Gasteiger partial charge < -0.3 is 14.4 Å². The van der Waals surface area contributed by atoms with E-state index in [-0.39, 0.29) is 12.2 Å². The second-order valence-corrected chi connectivity index (χ2v) is 9.75. The number of rotatable bonds is 10. The first-order chi connectivity index (χ1) is 10.4. The van der Waals surface area contributed by atoms with Crippen molar-refractivity contribution >= 4 is 43.5 Å². The summed E-state index contributed by atoms with van der Waals surface area (Å²) in [5.41, 5.74) is 0. The molecule has 0 rings (SSSR count). The quantitative estimate of drug-likeness (QED) is 0.292. The Hall–Kier alpha value is -0.250. The third kappa shape index (κ3) is 11.0. The predicted molar refractivity (Wildman–Crippen MR) is 92.7 cm³/mol. The topological polar surface area (TPSA) is 114 Å². The van der Waals surface area contributed by atoms with Crippen molar-refractivity contribution in [2.75, 3.05) is 0 Å². The van der Waals surface area contributed by atoms with Crippen LogP contribution in [0.25, 0.3) is 0 Å². The number of hydrogen-bond acceptors (Lipinski definition) is 7. The summed E-state index contributed by atoms with van der Waals surface area (Å²) < 4.78 is 26.5. The lowest BCUT2D eigenvalue weighted by Crippen LogP contribution is -2.26. The molecule has 0 aromatic carbocycles. The van der Waals surface area contributed by atoms with Crippen molar-refractivity contribution in [3.63, 3.8) is 0 Å². The van der Waals surface area contributed by atoms with Crippen molar-refractivity contribution in [3.8, 4) is 0 Å². The van der Waals surface area contributed by atoms with Crippen LogP contribution >= 0.6 is 31.6 Å². The van der Waals surface area contributed by atoms with E-state index < -0.39 is 30.1 Å². The molecule has 136 valence electrons. The average Bonchev–Trinajstić information content (AvgIpc) is 2.40. The molecule has 0 unspecified atom stereocenters. The lowest BCUT2D eigenvalue weighted by atomic mass is 10.4. The molecule has 0 saturated heterocycles. The van der Waals surface area contributed by atoms with Crippen molar-refractivity contribution < 1.29 is 28.5 Å². The highest BCUT2D eigenvalue weighted by Crippen LogP contribution is 2.37. The van der Waals surface area contributed by atoms with E-state index in [4.69, 9.17) is 9.47 Å². The Kier molecular flexibility index (Phi) is 10.5. The Morgan fingerprint density at radius 3 is 1.43 bits per heavy atom. The first-order valence-corrected chi connectivity index (χ1v) is 10.5. The van der Waals surface area contributed by atoms with Gasteiger partial charge in [0, 0.05) is 0 Å². The van der Waals surface area contributed by atoms with Crippen molar-refractivity contribution in [2.45, 2.75) is 64.3 Å². The molecule has 0 saturated carbocycles. The Morgan fingerprint density at radius 2 is 1.17 bits per heavy atom. The molecule has 0 amide bonds. The largest absolute Gasteiger partial charge is 0.462 e. The molecule has 11 heteroatoms. The van der Waals surface area contributed by atoms with E-state index in [1.165, 1.54) is 0 Å². The molecule has 0 aliphatic carbocycles.